The van der Waals surface area contributed by atoms with Crippen LogP contribution in [-0.2, 0) is 57.8 Å². The van der Waals surface area contributed by atoms with Gasteiger partial charge in [-0.3, -0.25) is 23.5 Å². The summed E-state index contributed by atoms with van der Waals surface area (Å²) in [6.45, 7) is 17.1. The van der Waals surface area contributed by atoms with Gasteiger partial charge in [-0.15, -0.1) is 0 Å². The van der Waals surface area contributed by atoms with E-state index >= 15 is 0 Å². The van der Waals surface area contributed by atoms with Crippen molar-refractivity contribution in [2.75, 3.05) is 0 Å². The van der Waals surface area contributed by atoms with Crippen molar-refractivity contribution in [3.8, 4) is 0 Å². The van der Waals surface area contributed by atoms with E-state index in [-0.39, 0.29) is 55.3 Å². The van der Waals surface area contributed by atoms with Crippen LogP contribution in [0.15, 0.2) is 0 Å². The van der Waals surface area contributed by atoms with Crippen molar-refractivity contribution < 1.29 is 68.0 Å². The van der Waals surface area contributed by atoms with E-state index in [0.717, 1.165) is 0 Å². The summed E-state index contributed by atoms with van der Waals surface area (Å²) < 4.78 is 95.2. The molecule has 0 unspecified atom stereocenters. The smallest absolute Gasteiger partial charge is 0.397 e. The van der Waals surface area contributed by atoms with Crippen LogP contribution in [0.1, 0.15) is 133 Å². The molecule has 0 spiro atoms. The molecule has 4 aliphatic carbocycles. The maximum atomic E-state index is 13.4. The van der Waals surface area contributed by atoms with Crippen molar-refractivity contribution >= 4 is 38.7 Å². The molecule has 0 aromatic rings. The average Bonchev–Trinajstić information content (AvgIpc) is 3.27. The normalized spacial score (nSPS) is 36.6. The zero-order valence-electron chi connectivity index (χ0n) is 34.4. The van der Waals surface area contributed by atoms with E-state index in [1.807, 2.05) is 48.5 Å². The van der Waals surface area contributed by atoms with E-state index in [0.29, 0.717) is 44.9 Å². The first kappa shape index (κ1) is 46.8. The zero-order chi connectivity index (χ0) is 42.1. The molecule has 15 nitrogen and oxygen atoms in total. The number of fused-ring (bicyclic) bond motifs is 5. The standard InChI is InChI=1S/C39H66O15S2/c1-10-13-30(41)51-35(36(25(12-3)21(4)5)52-31(42)14-11-2)22(6)32-34(43)37(50-23(7)40)33-26-16-15-24-19-28(53-55(44,45)46)29(54-56(47,48)49)20-39(24,9)27(26)17-18-38(32,33)8/h21-22,24-29,32-37,43H,10-20H2,1-9H3,(H,44,45,46)(H,47,48,49)/t22-,24-,25+,26+,27-,28-,29-,32-,33+,34+,35+,36+,37+,38+,39-/m0/s1. The van der Waals surface area contributed by atoms with E-state index < -0.39 is 104 Å². The van der Waals surface area contributed by atoms with Gasteiger partial charge >= 0.3 is 38.7 Å². The summed E-state index contributed by atoms with van der Waals surface area (Å²) in [4.78, 5) is 39.4. The van der Waals surface area contributed by atoms with Crippen LogP contribution in [0.2, 0.25) is 0 Å². The fourth-order valence-electron chi connectivity index (χ4n) is 12.1. The zero-order valence-corrected chi connectivity index (χ0v) is 36.1. The first-order chi connectivity index (χ1) is 25.9. The van der Waals surface area contributed by atoms with Crippen LogP contribution < -0.4 is 0 Å². The Hall–Kier alpha value is -1.89. The summed E-state index contributed by atoms with van der Waals surface area (Å²) >= 11 is 0. The Morgan fingerprint density at radius 1 is 0.804 bits per heavy atom. The predicted octanol–water partition coefficient (Wildman–Crippen LogP) is 5.89. The van der Waals surface area contributed by atoms with Gasteiger partial charge in [-0.25, -0.2) is 8.37 Å². The molecule has 0 aromatic heterocycles. The van der Waals surface area contributed by atoms with Crippen LogP contribution in [0.25, 0.3) is 0 Å². The van der Waals surface area contributed by atoms with E-state index in [1.165, 1.54) is 6.92 Å². The van der Waals surface area contributed by atoms with Gasteiger partial charge in [-0.2, -0.15) is 16.8 Å². The van der Waals surface area contributed by atoms with Gasteiger partial charge in [-0.05, 0) is 92.3 Å². The molecular weight excluding hydrogens is 773 g/mol. The Balaban J connectivity index is 1.80. The molecule has 4 fully saturated rings. The first-order valence-corrected chi connectivity index (χ1v) is 23.2. The maximum Gasteiger partial charge on any atom is 0.397 e. The molecule has 4 aliphatic rings. The minimum atomic E-state index is -5.04. The molecule has 0 amide bonds. The molecule has 324 valence electrons. The minimum absolute atomic E-state index is 0.0171. The third-order valence-corrected chi connectivity index (χ3v) is 15.1. The molecular formula is C39H66O15S2. The van der Waals surface area contributed by atoms with E-state index in [1.54, 1.807) is 0 Å². The number of aliphatic hydroxyl groups is 1. The highest BCUT2D eigenvalue weighted by Gasteiger charge is 2.69. The Kier molecular flexibility index (Phi) is 15.2. The summed E-state index contributed by atoms with van der Waals surface area (Å²) in [6.07, 6.45) is -2.21. The molecule has 4 rings (SSSR count). The highest BCUT2D eigenvalue weighted by atomic mass is 32.3. The molecule has 0 bridgehead atoms. The van der Waals surface area contributed by atoms with E-state index in [4.69, 9.17) is 22.6 Å². The van der Waals surface area contributed by atoms with Crippen molar-refractivity contribution in [1.29, 1.82) is 0 Å². The molecule has 0 saturated heterocycles. The van der Waals surface area contributed by atoms with Gasteiger partial charge in [0, 0.05) is 43.4 Å². The third-order valence-electron chi connectivity index (χ3n) is 14.1. The Labute approximate surface area is 333 Å². The second-order valence-electron chi connectivity index (χ2n) is 17.9. The molecule has 0 heterocycles. The second kappa shape index (κ2) is 18.2. The molecule has 0 aliphatic heterocycles. The molecule has 3 N–H and O–H groups in total. The number of ether oxygens (including phenoxy) is 3. The molecule has 56 heavy (non-hydrogen) atoms. The lowest BCUT2D eigenvalue weighted by Crippen LogP contribution is -2.59. The summed E-state index contributed by atoms with van der Waals surface area (Å²) in [5, 5.41) is 12.5. The van der Waals surface area contributed by atoms with Crippen molar-refractivity contribution in [3.63, 3.8) is 0 Å². The summed E-state index contributed by atoms with van der Waals surface area (Å²) in [6, 6.07) is 0. The molecule has 0 radical (unpaired) electrons. The number of carbonyl (C=O) groups excluding carboxylic acids is 3. The van der Waals surface area contributed by atoms with Crippen LogP contribution in [-0.4, -0.2) is 85.6 Å². The average molecular weight is 839 g/mol. The third kappa shape index (κ3) is 10.1. The van der Waals surface area contributed by atoms with Gasteiger partial charge in [0.25, 0.3) is 0 Å². The fraction of sp³-hybridized carbons (Fsp3) is 0.923. The molecule has 17 heteroatoms. The van der Waals surface area contributed by atoms with E-state index in [2.05, 4.69) is 6.92 Å². The van der Waals surface area contributed by atoms with Crippen LogP contribution in [0, 0.1) is 58.2 Å². The van der Waals surface area contributed by atoms with Crippen LogP contribution >= 0.6 is 0 Å². The first-order valence-electron chi connectivity index (χ1n) is 20.5. The number of hydrogen-bond donors (Lipinski definition) is 3. The predicted molar refractivity (Wildman–Crippen MR) is 203 cm³/mol. The second-order valence-corrected chi connectivity index (χ2v) is 20.0. The molecule has 4 saturated carbocycles. The quantitative estimate of drug-likeness (QED) is 0.0882. The van der Waals surface area contributed by atoms with Gasteiger partial charge < -0.3 is 19.3 Å². The SMILES string of the molecule is CCCC(=O)O[C@H]([C@@H](C)[C@H]1[C@@H](O)[C@H](OC(C)=O)[C@H]2[C@@H]3CC[C@H]4C[C@H](OS(=O)(=O)O)[C@@H](OS(=O)(=O)O)C[C@]4(C)[C@H]3CC[C@@]21C)[C@H](OC(=O)CCC)[C@H](CC)C(C)C. The minimum Gasteiger partial charge on any atom is -0.459 e. The van der Waals surface area contributed by atoms with Crippen molar-refractivity contribution in [2.45, 2.75) is 170 Å². The van der Waals surface area contributed by atoms with Gasteiger partial charge in [-0.1, -0.05) is 55.4 Å². The number of hydrogen-bond acceptors (Lipinski definition) is 13. The lowest BCUT2D eigenvalue weighted by Gasteiger charge is -2.62. The van der Waals surface area contributed by atoms with Crippen molar-refractivity contribution in [1.82, 2.24) is 0 Å². The monoisotopic (exact) mass is 838 g/mol. The lowest BCUT2D eigenvalue weighted by atomic mass is 9.44. The molecule has 0 aromatic carbocycles. The molecule has 15 atom stereocenters. The number of carbonyl (C=O) groups is 3. The van der Waals surface area contributed by atoms with Crippen molar-refractivity contribution in [2.24, 2.45) is 58.2 Å². The van der Waals surface area contributed by atoms with E-state index in [9.17, 15) is 45.4 Å². The van der Waals surface area contributed by atoms with Gasteiger partial charge in [0.1, 0.15) is 30.5 Å². The lowest BCUT2D eigenvalue weighted by molar-refractivity contribution is -0.188. The Morgan fingerprint density at radius 2 is 1.36 bits per heavy atom. The fourth-order valence-corrected chi connectivity index (χ4v) is 13.1. The Bertz CT molecular complexity index is 1620. The number of rotatable bonds is 17. The van der Waals surface area contributed by atoms with Crippen LogP contribution in [0.4, 0.5) is 0 Å². The summed E-state index contributed by atoms with van der Waals surface area (Å²) in [5.41, 5.74) is -1.34. The van der Waals surface area contributed by atoms with Crippen LogP contribution in [0.3, 0.4) is 0 Å². The maximum absolute atomic E-state index is 13.4. The van der Waals surface area contributed by atoms with Crippen LogP contribution in [0.5, 0.6) is 0 Å². The largest absolute Gasteiger partial charge is 0.459 e. The van der Waals surface area contributed by atoms with Gasteiger partial charge in [0.15, 0.2) is 0 Å². The highest BCUT2D eigenvalue weighted by Crippen LogP contribution is 2.69. The topological polar surface area (TPSA) is 226 Å². The highest BCUT2D eigenvalue weighted by molar-refractivity contribution is 7.81. The Morgan fingerprint density at radius 3 is 1.86 bits per heavy atom. The van der Waals surface area contributed by atoms with Gasteiger partial charge in [0.05, 0.1) is 6.10 Å². The van der Waals surface area contributed by atoms with Crippen molar-refractivity contribution in [3.05, 3.63) is 0 Å². The number of aliphatic hydroxyl groups excluding tert-OH is 1. The summed E-state index contributed by atoms with van der Waals surface area (Å²) in [5.74, 6) is -3.52. The summed E-state index contributed by atoms with van der Waals surface area (Å²) in [7, 11) is -10.0. The number of esters is 3. The van der Waals surface area contributed by atoms with Gasteiger partial charge in [0.2, 0.25) is 0 Å².